The number of methoxy groups -OCH3 is 1. The zero-order chi connectivity index (χ0) is 25.2. The number of hydrogen-bond acceptors (Lipinski definition) is 6. The molecule has 0 aliphatic heterocycles. The minimum absolute atomic E-state index is 0.0271. The Bertz CT molecular complexity index is 1170. The lowest BCUT2D eigenvalue weighted by Crippen LogP contribution is -2.43. The maximum atomic E-state index is 12.0. The summed E-state index contributed by atoms with van der Waals surface area (Å²) < 4.78 is 23.6. The van der Waals surface area contributed by atoms with Crippen molar-refractivity contribution in [3.05, 3.63) is 77.5 Å². The molecule has 1 aliphatic rings. The number of nitrogens with zero attached hydrogens (tertiary/aromatic N) is 1. The lowest BCUT2D eigenvalue weighted by atomic mass is 9.81. The van der Waals surface area contributed by atoms with Crippen LogP contribution in [0, 0.1) is 5.92 Å². The molecule has 7 heteroatoms. The second kappa shape index (κ2) is 9.99. The number of hydrogen-bond donors (Lipinski definition) is 0. The quantitative estimate of drug-likeness (QED) is 0.258. The number of fused-ring (bicyclic) bond motifs is 1. The van der Waals surface area contributed by atoms with E-state index in [2.05, 4.69) is 51.0 Å². The van der Waals surface area contributed by atoms with Gasteiger partial charge in [-0.1, -0.05) is 45.0 Å². The second-order valence-electron chi connectivity index (χ2n) is 10.7. The third-order valence-corrected chi connectivity index (χ3v) is 11.7. The van der Waals surface area contributed by atoms with Crippen LogP contribution >= 0.6 is 0 Å². The van der Waals surface area contributed by atoms with Gasteiger partial charge in [-0.2, -0.15) is 0 Å². The van der Waals surface area contributed by atoms with Crippen LogP contribution in [-0.2, 0) is 22.0 Å². The highest BCUT2D eigenvalue weighted by Crippen LogP contribution is 2.44. The fourth-order valence-corrected chi connectivity index (χ4v) is 5.44. The molecule has 4 rings (SSSR count). The summed E-state index contributed by atoms with van der Waals surface area (Å²) in [5.74, 6) is 1.88. The van der Waals surface area contributed by atoms with E-state index in [1.807, 2.05) is 36.4 Å². The molecule has 1 aliphatic carbocycles. The van der Waals surface area contributed by atoms with Crippen molar-refractivity contribution < 1.29 is 23.1 Å². The average molecular weight is 494 g/mol. The molecule has 2 atom stereocenters. The van der Waals surface area contributed by atoms with Crippen molar-refractivity contribution >= 4 is 14.3 Å². The summed E-state index contributed by atoms with van der Waals surface area (Å²) in [6.07, 6.45) is 3.79. The summed E-state index contributed by atoms with van der Waals surface area (Å²) in [5, 5.41) is 0.0271. The number of carbonyl (C=O) groups is 1. The van der Waals surface area contributed by atoms with Gasteiger partial charge in [-0.25, -0.2) is 9.78 Å². The molecule has 0 bridgehead atoms. The smallest absolute Gasteiger partial charge is 0.375 e. The molecule has 3 aromatic rings. The normalized spacial score (nSPS) is 16.9. The fourth-order valence-electron chi connectivity index (χ4n) is 4.16. The number of esters is 1. The molecule has 2 unspecified atom stereocenters. The second-order valence-corrected chi connectivity index (χ2v) is 15.5. The summed E-state index contributed by atoms with van der Waals surface area (Å²) >= 11 is 0. The number of ether oxygens (including phenoxy) is 2. The molecule has 0 N–H and O–H groups in total. The van der Waals surface area contributed by atoms with E-state index in [9.17, 15) is 4.79 Å². The Hall–Kier alpha value is -2.90. The first kappa shape index (κ1) is 25.2. The third-order valence-electron chi connectivity index (χ3n) is 7.23. The highest BCUT2D eigenvalue weighted by atomic mass is 28.4. The molecule has 1 heterocycles. The minimum Gasteiger partial charge on any atom is -0.463 e. The molecule has 0 fully saturated rings. The van der Waals surface area contributed by atoms with E-state index in [0.717, 1.165) is 30.8 Å². The van der Waals surface area contributed by atoms with Crippen molar-refractivity contribution in [3.63, 3.8) is 0 Å². The van der Waals surface area contributed by atoms with Crippen molar-refractivity contribution in [3.8, 4) is 11.5 Å². The van der Waals surface area contributed by atoms with Crippen molar-refractivity contribution in [1.82, 2.24) is 4.98 Å². The maximum absolute atomic E-state index is 12.0. The van der Waals surface area contributed by atoms with E-state index in [1.165, 1.54) is 24.4 Å². The predicted octanol–water partition coefficient (Wildman–Crippen LogP) is 7.12. The van der Waals surface area contributed by atoms with E-state index in [-0.39, 0.29) is 22.8 Å². The van der Waals surface area contributed by atoms with Gasteiger partial charge in [-0.15, -0.1) is 0 Å². The van der Waals surface area contributed by atoms with Gasteiger partial charge in [0, 0.05) is 0 Å². The molecule has 186 valence electrons. The number of aryl methyl sites for hydroxylation is 1. The van der Waals surface area contributed by atoms with Crippen LogP contribution in [0.15, 0.2) is 59.1 Å². The summed E-state index contributed by atoms with van der Waals surface area (Å²) in [7, 11) is -0.806. The van der Waals surface area contributed by atoms with Crippen molar-refractivity contribution in [1.29, 1.82) is 0 Å². The van der Waals surface area contributed by atoms with Crippen LogP contribution in [0.3, 0.4) is 0 Å². The van der Waals surface area contributed by atoms with Gasteiger partial charge in [0.15, 0.2) is 8.32 Å². The van der Waals surface area contributed by atoms with Crippen LogP contribution in [0.5, 0.6) is 11.5 Å². The van der Waals surface area contributed by atoms with E-state index in [0.29, 0.717) is 5.89 Å². The molecule has 0 spiro atoms. The Morgan fingerprint density at radius 2 is 1.83 bits per heavy atom. The molecule has 2 aromatic carbocycles. The summed E-state index contributed by atoms with van der Waals surface area (Å²) in [4.78, 5) is 16.5. The lowest BCUT2D eigenvalue weighted by molar-refractivity contribution is 0.0534. The van der Waals surface area contributed by atoms with E-state index in [4.69, 9.17) is 18.3 Å². The summed E-state index contributed by atoms with van der Waals surface area (Å²) in [6.45, 7) is 11.1. The van der Waals surface area contributed by atoms with Gasteiger partial charge in [0.2, 0.25) is 11.7 Å². The van der Waals surface area contributed by atoms with Gasteiger partial charge in [-0.05, 0) is 78.7 Å². The Morgan fingerprint density at radius 3 is 2.51 bits per heavy atom. The number of para-hydroxylation sites is 1. The molecule has 1 aromatic heterocycles. The molecular formula is C28H35NO5Si. The Balaban J connectivity index is 1.59. The van der Waals surface area contributed by atoms with E-state index in [1.54, 1.807) is 0 Å². The summed E-state index contributed by atoms with van der Waals surface area (Å²) in [5.41, 5.74) is 2.58. The number of aromatic nitrogens is 1. The molecular weight excluding hydrogens is 458 g/mol. The first-order valence-corrected chi connectivity index (χ1v) is 15.0. The standard InChI is InChI=1S/C28H35NO5Si/c1-28(2,3)35(5,6)34-25(26-29-18-24(33-26)27(30)31-4)21-13-12-20-17-23(15-14-19(20)16-21)32-22-10-8-7-9-11-22/h7-11,14-15,17-18,21,25H,12-13,16H2,1-6H3. The van der Waals surface area contributed by atoms with Gasteiger partial charge in [0.1, 0.15) is 17.6 Å². The van der Waals surface area contributed by atoms with Gasteiger partial charge in [-0.3, -0.25) is 0 Å². The van der Waals surface area contributed by atoms with E-state index < -0.39 is 14.3 Å². The van der Waals surface area contributed by atoms with Crippen molar-refractivity contribution in [2.75, 3.05) is 7.11 Å². The average Bonchev–Trinajstić information content (AvgIpc) is 3.32. The molecule has 0 radical (unpaired) electrons. The highest BCUT2D eigenvalue weighted by Gasteiger charge is 2.43. The van der Waals surface area contributed by atoms with Crippen LogP contribution in [0.2, 0.25) is 18.1 Å². The molecule has 6 nitrogen and oxygen atoms in total. The van der Waals surface area contributed by atoms with Gasteiger partial charge >= 0.3 is 5.97 Å². The first-order valence-electron chi connectivity index (χ1n) is 12.1. The Kier molecular flexibility index (Phi) is 7.19. The SMILES string of the molecule is COC(=O)c1cnc(C(O[Si](C)(C)C(C)(C)C)C2CCc3cc(Oc4ccccc4)ccc3C2)o1. The van der Waals surface area contributed by atoms with Gasteiger partial charge in [0.05, 0.1) is 13.3 Å². The van der Waals surface area contributed by atoms with Crippen LogP contribution in [-0.4, -0.2) is 26.4 Å². The van der Waals surface area contributed by atoms with Gasteiger partial charge < -0.3 is 18.3 Å². The molecule has 0 saturated carbocycles. The Labute approximate surface area is 208 Å². The largest absolute Gasteiger partial charge is 0.463 e. The predicted molar refractivity (Wildman–Crippen MR) is 137 cm³/mol. The van der Waals surface area contributed by atoms with Crippen LogP contribution < -0.4 is 4.74 Å². The minimum atomic E-state index is -2.14. The monoisotopic (exact) mass is 493 g/mol. The van der Waals surface area contributed by atoms with Crippen LogP contribution in [0.4, 0.5) is 0 Å². The zero-order valence-corrected chi connectivity index (χ0v) is 22.5. The maximum Gasteiger partial charge on any atom is 0.375 e. The van der Waals surface area contributed by atoms with Gasteiger partial charge in [0.25, 0.3) is 0 Å². The Morgan fingerprint density at radius 1 is 1.09 bits per heavy atom. The van der Waals surface area contributed by atoms with E-state index >= 15 is 0 Å². The molecule has 35 heavy (non-hydrogen) atoms. The van der Waals surface area contributed by atoms with Crippen molar-refractivity contribution in [2.45, 2.75) is 64.3 Å². The first-order chi connectivity index (χ1) is 16.6. The number of oxazole rings is 1. The zero-order valence-electron chi connectivity index (χ0n) is 21.5. The van der Waals surface area contributed by atoms with Crippen LogP contribution in [0.1, 0.15) is 60.9 Å². The van der Waals surface area contributed by atoms with Crippen molar-refractivity contribution in [2.24, 2.45) is 5.92 Å². The number of carbonyl (C=O) groups excluding carboxylic acids is 1. The molecule has 0 saturated heterocycles. The molecule has 0 amide bonds. The fraction of sp³-hybridized carbons (Fsp3) is 0.429. The summed E-state index contributed by atoms with van der Waals surface area (Å²) in [6, 6.07) is 16.1. The lowest BCUT2D eigenvalue weighted by Gasteiger charge is -2.41. The highest BCUT2D eigenvalue weighted by molar-refractivity contribution is 6.74. The number of benzene rings is 2. The van der Waals surface area contributed by atoms with Crippen LogP contribution in [0.25, 0.3) is 0 Å². The topological polar surface area (TPSA) is 70.8 Å². The third kappa shape index (κ3) is 5.68. The number of rotatable bonds is 7.